The second-order valence-electron chi connectivity index (χ2n) is 8.57. The van der Waals surface area contributed by atoms with Gasteiger partial charge in [0.15, 0.2) is 11.6 Å². The molecule has 3 fully saturated rings. The molecule has 29 heavy (non-hydrogen) atoms. The van der Waals surface area contributed by atoms with Gasteiger partial charge >= 0.3 is 0 Å². The van der Waals surface area contributed by atoms with Crippen molar-refractivity contribution in [2.75, 3.05) is 24.5 Å². The van der Waals surface area contributed by atoms with Crippen molar-refractivity contribution < 1.29 is 13.9 Å². The van der Waals surface area contributed by atoms with Crippen LogP contribution in [0.4, 0.5) is 10.2 Å². The van der Waals surface area contributed by atoms with Gasteiger partial charge in [-0.25, -0.2) is 9.37 Å². The first-order valence-corrected chi connectivity index (χ1v) is 10.2. The number of hydrogen-bond acceptors (Lipinski definition) is 5. The summed E-state index contributed by atoms with van der Waals surface area (Å²) < 4.78 is 20.7. The number of ether oxygens (including phenoxy) is 1. The molecule has 152 valence electrons. The zero-order chi connectivity index (χ0) is 20.2. The molecule has 0 unspecified atom stereocenters. The fourth-order valence-corrected chi connectivity index (χ4v) is 5.51. The molecule has 1 N–H and O–H groups in total. The van der Waals surface area contributed by atoms with Gasteiger partial charge in [-0.05, 0) is 51.0 Å². The number of pyridine rings is 2. The van der Waals surface area contributed by atoms with Gasteiger partial charge in [0.25, 0.3) is 5.91 Å². The maximum atomic E-state index is 14.3. The molecule has 0 aromatic carbocycles. The number of nitrogens with one attached hydrogen (secondary N) is 1. The van der Waals surface area contributed by atoms with Gasteiger partial charge in [-0.1, -0.05) is 0 Å². The Morgan fingerprint density at radius 3 is 2.93 bits per heavy atom. The minimum Gasteiger partial charge on any atom is -0.369 e. The quantitative estimate of drug-likeness (QED) is 0.861. The highest BCUT2D eigenvalue weighted by molar-refractivity contribution is 5.94. The number of aromatic nitrogens is 2. The first-order chi connectivity index (χ1) is 13.9. The van der Waals surface area contributed by atoms with Crippen LogP contribution >= 0.6 is 0 Å². The Kier molecular flexibility index (Phi) is 4.31. The number of aryl methyl sites for hydroxylation is 2. The number of rotatable bonds is 4. The molecule has 3 aliphatic heterocycles. The predicted molar refractivity (Wildman–Crippen MR) is 106 cm³/mol. The Morgan fingerprint density at radius 1 is 1.38 bits per heavy atom. The van der Waals surface area contributed by atoms with Gasteiger partial charge in [-0.15, -0.1) is 0 Å². The normalized spacial score (nSPS) is 29.9. The summed E-state index contributed by atoms with van der Waals surface area (Å²) in [5.41, 5.74) is 2.06. The summed E-state index contributed by atoms with van der Waals surface area (Å²) >= 11 is 0. The van der Waals surface area contributed by atoms with Gasteiger partial charge in [0.05, 0.1) is 11.7 Å². The molecule has 1 spiro atoms. The number of fused-ring (bicyclic) bond motifs is 1. The molecule has 0 radical (unpaired) electrons. The van der Waals surface area contributed by atoms with Crippen molar-refractivity contribution in [2.24, 2.45) is 11.8 Å². The monoisotopic (exact) mass is 396 g/mol. The molecule has 2 bridgehead atoms. The molecule has 6 nitrogen and oxygen atoms in total. The van der Waals surface area contributed by atoms with E-state index in [0.29, 0.717) is 31.0 Å². The van der Waals surface area contributed by atoms with E-state index >= 15 is 0 Å². The van der Waals surface area contributed by atoms with E-state index in [-0.39, 0.29) is 35.3 Å². The van der Waals surface area contributed by atoms with Crippen LogP contribution in [0.3, 0.4) is 0 Å². The number of nitrogens with zero attached hydrogens (tertiary/aromatic N) is 3. The fraction of sp³-hybridized carbons (Fsp3) is 0.500. The topological polar surface area (TPSA) is 67.4 Å². The maximum absolute atomic E-state index is 14.3. The minimum absolute atomic E-state index is 0.0824. The Labute approximate surface area is 169 Å². The van der Waals surface area contributed by atoms with Crippen LogP contribution in [0.1, 0.15) is 34.6 Å². The van der Waals surface area contributed by atoms with E-state index in [1.54, 1.807) is 12.3 Å². The van der Waals surface area contributed by atoms with Gasteiger partial charge in [-0.3, -0.25) is 9.78 Å². The summed E-state index contributed by atoms with van der Waals surface area (Å²) in [6.45, 7) is 5.71. The van der Waals surface area contributed by atoms with Crippen molar-refractivity contribution >= 4 is 11.7 Å². The van der Waals surface area contributed by atoms with E-state index in [1.807, 2.05) is 30.9 Å². The first kappa shape index (κ1) is 18.5. The van der Waals surface area contributed by atoms with Crippen LogP contribution < -0.4 is 10.2 Å². The average molecular weight is 396 g/mol. The number of hydrogen-bond donors (Lipinski definition) is 1. The summed E-state index contributed by atoms with van der Waals surface area (Å²) in [7, 11) is 0. The van der Waals surface area contributed by atoms with E-state index < -0.39 is 0 Å². The first-order valence-electron chi connectivity index (χ1n) is 10.2. The van der Waals surface area contributed by atoms with Crippen molar-refractivity contribution in [1.82, 2.24) is 15.3 Å². The Bertz CT molecular complexity index is 947. The summed E-state index contributed by atoms with van der Waals surface area (Å²) in [5.74, 6) is 0.513. The van der Waals surface area contributed by atoms with Crippen LogP contribution in [0.25, 0.3) is 0 Å². The zero-order valence-electron chi connectivity index (χ0n) is 16.7. The van der Waals surface area contributed by atoms with E-state index in [0.717, 1.165) is 24.2 Å². The molecule has 2 aromatic rings. The SMILES string of the molecule is Cc1cc(C(=O)NC[C@H]2[C@H]3CN(c4ncccc4F)C[C@]34CC[C@H]2O4)cc(C)n1. The highest BCUT2D eigenvalue weighted by Gasteiger charge is 2.63. The summed E-state index contributed by atoms with van der Waals surface area (Å²) in [5, 5.41) is 3.10. The van der Waals surface area contributed by atoms with Gasteiger partial charge < -0.3 is 15.0 Å². The third kappa shape index (κ3) is 3.08. The van der Waals surface area contributed by atoms with Gasteiger partial charge in [0.1, 0.15) is 0 Å². The lowest BCUT2D eigenvalue weighted by Crippen LogP contribution is -2.41. The van der Waals surface area contributed by atoms with Crippen molar-refractivity contribution in [1.29, 1.82) is 0 Å². The molecule has 3 saturated heterocycles. The second kappa shape index (κ2) is 6.76. The van der Waals surface area contributed by atoms with E-state index in [4.69, 9.17) is 4.74 Å². The summed E-state index contributed by atoms with van der Waals surface area (Å²) in [4.78, 5) is 23.3. The zero-order valence-corrected chi connectivity index (χ0v) is 16.7. The molecule has 5 heterocycles. The Hall–Kier alpha value is -2.54. The van der Waals surface area contributed by atoms with Crippen LogP contribution in [0.2, 0.25) is 0 Å². The van der Waals surface area contributed by atoms with E-state index in [1.165, 1.54) is 6.07 Å². The van der Waals surface area contributed by atoms with Crippen molar-refractivity contribution in [2.45, 2.75) is 38.4 Å². The third-order valence-corrected chi connectivity index (χ3v) is 6.66. The number of amides is 1. The highest BCUT2D eigenvalue weighted by atomic mass is 19.1. The Balaban J connectivity index is 1.31. The number of carbonyl (C=O) groups excluding carboxylic acids is 1. The highest BCUT2D eigenvalue weighted by Crippen LogP contribution is 2.55. The molecule has 3 aliphatic rings. The molecule has 2 aromatic heterocycles. The molecule has 7 heteroatoms. The summed E-state index contributed by atoms with van der Waals surface area (Å²) in [6, 6.07) is 6.67. The van der Waals surface area contributed by atoms with Crippen LogP contribution in [0, 0.1) is 31.5 Å². The summed E-state index contributed by atoms with van der Waals surface area (Å²) in [6.07, 6.45) is 3.76. The second-order valence-corrected chi connectivity index (χ2v) is 8.57. The minimum atomic E-state index is -0.299. The predicted octanol–water partition coefficient (Wildman–Crippen LogP) is 2.65. The number of anilines is 1. The van der Waals surface area contributed by atoms with Crippen LogP contribution in [-0.2, 0) is 4.74 Å². The molecule has 5 rings (SSSR count). The average Bonchev–Trinajstić information content (AvgIpc) is 3.34. The fourth-order valence-electron chi connectivity index (χ4n) is 5.51. The molecular weight excluding hydrogens is 371 g/mol. The van der Waals surface area contributed by atoms with Crippen molar-refractivity contribution in [3.63, 3.8) is 0 Å². The van der Waals surface area contributed by atoms with E-state index in [2.05, 4.69) is 15.3 Å². The largest absolute Gasteiger partial charge is 0.369 e. The standard InChI is InChI=1S/C22H25FN4O2/c1-13-8-15(9-14(2)26-13)21(28)25-10-16-17-11-27(20-18(23)4-3-7-24-20)12-22(17)6-5-19(16)29-22/h3-4,7-9,16-17,19H,5-6,10-12H2,1-2H3,(H,25,28)/t16-,17+,19+,22+/m0/s1. The molecule has 1 amide bonds. The van der Waals surface area contributed by atoms with Crippen molar-refractivity contribution in [3.8, 4) is 0 Å². The molecule has 0 aliphatic carbocycles. The lowest BCUT2D eigenvalue weighted by molar-refractivity contribution is 0.0141. The Morgan fingerprint density at radius 2 is 2.17 bits per heavy atom. The van der Waals surface area contributed by atoms with Crippen LogP contribution in [-0.4, -0.2) is 47.2 Å². The maximum Gasteiger partial charge on any atom is 0.251 e. The third-order valence-electron chi connectivity index (χ3n) is 6.66. The van der Waals surface area contributed by atoms with Crippen molar-refractivity contribution in [3.05, 3.63) is 53.2 Å². The smallest absolute Gasteiger partial charge is 0.251 e. The van der Waals surface area contributed by atoms with Crippen LogP contribution in [0.15, 0.2) is 30.5 Å². The lowest BCUT2D eigenvalue weighted by Gasteiger charge is -2.29. The molecule has 4 atom stereocenters. The number of halogens is 1. The van der Waals surface area contributed by atoms with Crippen LogP contribution in [0.5, 0.6) is 0 Å². The van der Waals surface area contributed by atoms with E-state index in [9.17, 15) is 9.18 Å². The molecule has 0 saturated carbocycles. The lowest BCUT2D eigenvalue weighted by atomic mass is 9.73. The molecular formula is C22H25FN4O2. The van der Waals surface area contributed by atoms with Gasteiger partial charge in [-0.2, -0.15) is 0 Å². The number of carbonyl (C=O) groups is 1. The van der Waals surface area contributed by atoms with Gasteiger partial charge in [0, 0.05) is 54.6 Å². The van der Waals surface area contributed by atoms with Gasteiger partial charge in [0.2, 0.25) is 0 Å².